The molecule has 8 nitrogen and oxygen atoms in total. The standard InChI is InChI=1S/C20H31N3O5S/c1-3-22-12-5-6-17(22)15-23(13-11-20(25)28-4-2)19(24)14-16-7-9-18(10-8-16)29(21,26)27/h7-10,17H,3-6,11-15H2,1-2H3,(H2,21,26,27). The van der Waals surface area contributed by atoms with Crippen molar-refractivity contribution in [2.75, 3.05) is 32.8 Å². The summed E-state index contributed by atoms with van der Waals surface area (Å²) in [5, 5.41) is 5.11. The molecule has 1 aromatic carbocycles. The molecule has 1 aliphatic heterocycles. The Kier molecular flexibility index (Phi) is 8.60. The number of benzene rings is 1. The van der Waals surface area contributed by atoms with E-state index in [0.717, 1.165) is 25.9 Å². The van der Waals surface area contributed by atoms with Gasteiger partial charge in [0.05, 0.1) is 24.3 Å². The summed E-state index contributed by atoms with van der Waals surface area (Å²) in [6, 6.07) is 6.27. The molecule has 9 heteroatoms. The molecule has 162 valence electrons. The molecule has 29 heavy (non-hydrogen) atoms. The van der Waals surface area contributed by atoms with Gasteiger partial charge in [-0.25, -0.2) is 13.6 Å². The van der Waals surface area contributed by atoms with E-state index in [1.54, 1.807) is 24.0 Å². The highest BCUT2D eigenvalue weighted by Crippen LogP contribution is 2.19. The van der Waals surface area contributed by atoms with Gasteiger partial charge in [-0.1, -0.05) is 19.1 Å². The molecule has 0 spiro atoms. The number of esters is 1. The Bertz CT molecular complexity index is 795. The number of nitrogens with zero attached hydrogens (tertiary/aromatic N) is 2. The van der Waals surface area contributed by atoms with Gasteiger partial charge in [0.1, 0.15) is 0 Å². The number of rotatable bonds is 10. The predicted octanol–water partition coefficient (Wildman–Crippen LogP) is 1.14. The van der Waals surface area contributed by atoms with Gasteiger partial charge in [-0.15, -0.1) is 0 Å². The number of likely N-dealkylation sites (N-methyl/N-ethyl adjacent to an activating group) is 1. The van der Waals surface area contributed by atoms with E-state index in [1.165, 1.54) is 12.1 Å². The number of sulfonamides is 1. The Morgan fingerprint density at radius 2 is 1.93 bits per heavy atom. The second-order valence-electron chi connectivity index (χ2n) is 7.19. The van der Waals surface area contributed by atoms with Gasteiger partial charge in [-0.2, -0.15) is 0 Å². The number of carbonyl (C=O) groups is 2. The van der Waals surface area contributed by atoms with Crippen LogP contribution in [0.3, 0.4) is 0 Å². The fraction of sp³-hybridized carbons (Fsp3) is 0.600. The summed E-state index contributed by atoms with van der Waals surface area (Å²) >= 11 is 0. The summed E-state index contributed by atoms with van der Waals surface area (Å²) in [6.07, 6.45) is 2.42. The van der Waals surface area contributed by atoms with Gasteiger partial charge in [0.2, 0.25) is 15.9 Å². The van der Waals surface area contributed by atoms with Gasteiger partial charge in [0.25, 0.3) is 0 Å². The van der Waals surface area contributed by atoms with E-state index in [0.29, 0.717) is 25.3 Å². The number of hydrogen-bond acceptors (Lipinski definition) is 6. The minimum atomic E-state index is -3.77. The zero-order chi connectivity index (χ0) is 21.4. The van der Waals surface area contributed by atoms with E-state index in [9.17, 15) is 18.0 Å². The molecule has 2 N–H and O–H groups in total. The van der Waals surface area contributed by atoms with Crippen molar-refractivity contribution >= 4 is 21.9 Å². The van der Waals surface area contributed by atoms with Crippen molar-refractivity contribution in [3.05, 3.63) is 29.8 Å². The second-order valence-corrected chi connectivity index (χ2v) is 8.75. The average molecular weight is 426 g/mol. The lowest BCUT2D eigenvalue weighted by Crippen LogP contribution is -2.44. The summed E-state index contributed by atoms with van der Waals surface area (Å²) in [5.41, 5.74) is 0.697. The number of nitrogens with two attached hydrogens (primary N) is 1. The maximum atomic E-state index is 13.0. The van der Waals surface area contributed by atoms with Gasteiger partial charge in [-0.3, -0.25) is 14.5 Å². The van der Waals surface area contributed by atoms with Gasteiger partial charge < -0.3 is 9.64 Å². The SMILES string of the molecule is CCOC(=O)CCN(CC1CCCN1CC)C(=O)Cc1ccc(S(N)(=O)=O)cc1. The molecule has 1 fully saturated rings. The number of amides is 1. The second kappa shape index (κ2) is 10.7. The molecule has 0 aliphatic carbocycles. The number of likely N-dealkylation sites (tertiary alicyclic amines) is 1. The third-order valence-corrected chi connectivity index (χ3v) is 6.12. The minimum absolute atomic E-state index is 0.0115. The first-order valence-electron chi connectivity index (χ1n) is 10.0. The largest absolute Gasteiger partial charge is 0.466 e. The van der Waals surface area contributed by atoms with E-state index in [2.05, 4.69) is 11.8 Å². The van der Waals surface area contributed by atoms with Crippen LogP contribution in [-0.2, 0) is 30.8 Å². The minimum Gasteiger partial charge on any atom is -0.466 e. The molecule has 1 aromatic rings. The Morgan fingerprint density at radius 1 is 1.24 bits per heavy atom. The molecule has 1 heterocycles. The summed E-state index contributed by atoms with van der Waals surface area (Å²) in [4.78, 5) is 28.8. The highest BCUT2D eigenvalue weighted by Gasteiger charge is 2.27. The molecular weight excluding hydrogens is 394 g/mol. The number of carbonyl (C=O) groups excluding carboxylic acids is 2. The molecular formula is C20H31N3O5S. The summed E-state index contributed by atoms with van der Waals surface area (Å²) in [6.45, 7) is 7.01. The highest BCUT2D eigenvalue weighted by atomic mass is 32.2. The van der Waals surface area contributed by atoms with Crippen LogP contribution in [0.4, 0.5) is 0 Å². The summed E-state index contributed by atoms with van der Waals surface area (Å²) in [7, 11) is -3.77. The first-order valence-corrected chi connectivity index (χ1v) is 11.6. The quantitative estimate of drug-likeness (QED) is 0.563. The normalized spacial score (nSPS) is 17.3. The van der Waals surface area contributed by atoms with Crippen LogP contribution in [0.25, 0.3) is 0 Å². The van der Waals surface area contributed by atoms with Crippen molar-refractivity contribution < 1.29 is 22.7 Å². The fourth-order valence-corrected chi connectivity index (χ4v) is 4.15. The van der Waals surface area contributed by atoms with Crippen LogP contribution in [-0.4, -0.2) is 68.9 Å². The Hall–Kier alpha value is -1.97. The lowest BCUT2D eigenvalue weighted by Gasteiger charge is -2.30. The topological polar surface area (TPSA) is 110 Å². The van der Waals surface area contributed by atoms with Gasteiger partial charge in [0.15, 0.2) is 0 Å². The van der Waals surface area contributed by atoms with Crippen molar-refractivity contribution in [3.8, 4) is 0 Å². The molecule has 0 bridgehead atoms. The van der Waals surface area contributed by atoms with Crippen LogP contribution in [0.1, 0.15) is 38.7 Å². The Balaban J connectivity index is 2.07. The first kappa shape index (κ1) is 23.3. The molecule has 0 saturated carbocycles. The smallest absolute Gasteiger partial charge is 0.307 e. The number of ether oxygens (including phenoxy) is 1. The molecule has 2 rings (SSSR count). The molecule has 0 radical (unpaired) electrons. The van der Waals surface area contributed by atoms with Crippen LogP contribution in [0.15, 0.2) is 29.2 Å². The van der Waals surface area contributed by atoms with Gasteiger partial charge >= 0.3 is 5.97 Å². The van der Waals surface area contributed by atoms with Crippen molar-refractivity contribution in [2.45, 2.75) is 50.5 Å². The zero-order valence-corrected chi connectivity index (χ0v) is 18.0. The molecule has 1 unspecified atom stereocenters. The number of primary sulfonamides is 1. The van der Waals surface area contributed by atoms with E-state index in [1.807, 2.05) is 0 Å². The third-order valence-electron chi connectivity index (χ3n) is 5.19. The zero-order valence-electron chi connectivity index (χ0n) is 17.2. The summed E-state index contributed by atoms with van der Waals surface area (Å²) in [5.74, 6) is -0.415. The maximum absolute atomic E-state index is 13.0. The molecule has 1 aliphatic rings. The lowest BCUT2D eigenvalue weighted by molar-refractivity contribution is -0.144. The molecule has 0 aromatic heterocycles. The van der Waals surface area contributed by atoms with Crippen LogP contribution >= 0.6 is 0 Å². The van der Waals surface area contributed by atoms with E-state index in [-0.39, 0.29) is 35.7 Å². The van der Waals surface area contributed by atoms with Crippen molar-refractivity contribution in [2.24, 2.45) is 5.14 Å². The van der Waals surface area contributed by atoms with E-state index < -0.39 is 10.0 Å². The first-order chi connectivity index (χ1) is 13.7. The molecule has 1 atom stereocenters. The molecule has 1 amide bonds. The van der Waals surface area contributed by atoms with Gasteiger partial charge in [-0.05, 0) is 50.6 Å². The van der Waals surface area contributed by atoms with Crippen molar-refractivity contribution in [1.82, 2.24) is 9.80 Å². The van der Waals surface area contributed by atoms with Crippen LogP contribution in [0.2, 0.25) is 0 Å². The molecule has 1 saturated heterocycles. The van der Waals surface area contributed by atoms with E-state index in [4.69, 9.17) is 9.88 Å². The number of hydrogen-bond donors (Lipinski definition) is 1. The van der Waals surface area contributed by atoms with Crippen molar-refractivity contribution in [1.29, 1.82) is 0 Å². The maximum Gasteiger partial charge on any atom is 0.307 e. The Morgan fingerprint density at radius 3 is 2.52 bits per heavy atom. The van der Waals surface area contributed by atoms with Crippen molar-refractivity contribution in [3.63, 3.8) is 0 Å². The van der Waals surface area contributed by atoms with Crippen LogP contribution < -0.4 is 5.14 Å². The predicted molar refractivity (Wildman–Crippen MR) is 110 cm³/mol. The van der Waals surface area contributed by atoms with Gasteiger partial charge in [0, 0.05) is 19.1 Å². The Labute approximate surface area is 173 Å². The summed E-state index contributed by atoms with van der Waals surface area (Å²) < 4.78 is 27.8. The van der Waals surface area contributed by atoms with E-state index >= 15 is 0 Å². The average Bonchev–Trinajstić information content (AvgIpc) is 3.12. The fourth-order valence-electron chi connectivity index (χ4n) is 3.63. The van der Waals surface area contributed by atoms with Crippen LogP contribution in [0.5, 0.6) is 0 Å². The lowest BCUT2D eigenvalue weighted by atomic mass is 10.1. The third kappa shape index (κ3) is 7.09. The highest BCUT2D eigenvalue weighted by molar-refractivity contribution is 7.89. The van der Waals surface area contributed by atoms with Crippen LogP contribution in [0, 0.1) is 0 Å². The monoisotopic (exact) mass is 425 g/mol.